The predicted octanol–water partition coefficient (Wildman–Crippen LogP) is 0.745. The van der Waals surface area contributed by atoms with E-state index < -0.39 is 45.2 Å². The molecule has 9 nitrogen and oxygen atoms in total. The van der Waals surface area contributed by atoms with E-state index in [0.717, 1.165) is 0 Å². The third-order valence-corrected chi connectivity index (χ3v) is 7.89. The summed E-state index contributed by atoms with van der Waals surface area (Å²) in [7, 11) is -3.53. The molecule has 0 bridgehead atoms. The average molecular weight is 476 g/mol. The summed E-state index contributed by atoms with van der Waals surface area (Å²) in [4.78, 5) is 37.9. The number of sulfonamides is 1. The highest BCUT2D eigenvalue weighted by molar-refractivity contribution is 7.90. The number of rotatable bonds is 13. The Bertz CT molecular complexity index is 751. The Morgan fingerprint density at radius 1 is 1.09 bits per heavy atom. The second-order valence-electron chi connectivity index (χ2n) is 9.64. The van der Waals surface area contributed by atoms with Gasteiger partial charge in [0, 0.05) is 31.3 Å². The van der Waals surface area contributed by atoms with Gasteiger partial charge < -0.3 is 16.2 Å². The van der Waals surface area contributed by atoms with Crippen LogP contribution in [0, 0.1) is 23.7 Å². The van der Waals surface area contributed by atoms with Gasteiger partial charge >= 0.3 is 0 Å². The largest absolute Gasteiger partial charge is 0.393 e. The molecule has 1 amide bonds. The molecule has 1 aliphatic rings. The summed E-state index contributed by atoms with van der Waals surface area (Å²) in [6.45, 7) is 8.94. The molecular formula is C22H41N3O6S. The van der Waals surface area contributed by atoms with Crippen LogP contribution in [0.2, 0.25) is 0 Å². The van der Waals surface area contributed by atoms with Crippen molar-refractivity contribution in [2.75, 3.05) is 13.1 Å². The Morgan fingerprint density at radius 2 is 1.72 bits per heavy atom. The van der Waals surface area contributed by atoms with Crippen molar-refractivity contribution in [3.8, 4) is 0 Å². The molecule has 0 radical (unpaired) electrons. The fraction of sp³-hybridized carbons (Fsp3) is 0.864. The zero-order valence-corrected chi connectivity index (χ0v) is 20.8. The second-order valence-corrected chi connectivity index (χ2v) is 11.7. The number of ketones is 2. The Morgan fingerprint density at radius 3 is 2.22 bits per heavy atom. The topological polar surface area (TPSA) is 156 Å². The van der Waals surface area contributed by atoms with Gasteiger partial charge in [0.2, 0.25) is 15.9 Å². The molecule has 1 fully saturated rings. The van der Waals surface area contributed by atoms with E-state index in [4.69, 9.17) is 5.73 Å². The van der Waals surface area contributed by atoms with Gasteiger partial charge in [0.25, 0.3) is 0 Å². The molecule has 0 aromatic rings. The van der Waals surface area contributed by atoms with E-state index >= 15 is 0 Å². The number of aliphatic hydroxyl groups is 1. The van der Waals surface area contributed by atoms with E-state index in [9.17, 15) is 27.9 Å². The van der Waals surface area contributed by atoms with E-state index in [0.29, 0.717) is 25.8 Å². The summed E-state index contributed by atoms with van der Waals surface area (Å²) in [6, 6.07) is -0.880. The molecule has 5 atom stereocenters. The standard InChI is InChI=1S/C22H41N3O6S/c1-13(2)12-24-32(30,31)17-8-6-7-16(9-17)20(27)10-18(15(5)26)22(29)25-19(11-23)21(28)14(3)4/h13-19,24,26H,6-12,23H2,1-5H3,(H,25,29)/t15-,16+,17?,18-,19-/m0/s1. The lowest BCUT2D eigenvalue weighted by atomic mass is 9.81. The summed E-state index contributed by atoms with van der Waals surface area (Å²) >= 11 is 0. The lowest BCUT2D eigenvalue weighted by Gasteiger charge is -2.30. The molecule has 0 heterocycles. The summed E-state index contributed by atoms with van der Waals surface area (Å²) < 4.78 is 27.8. The van der Waals surface area contributed by atoms with Crippen LogP contribution in [0.3, 0.4) is 0 Å². The maximum Gasteiger partial charge on any atom is 0.226 e. The minimum absolute atomic E-state index is 0.0746. The van der Waals surface area contributed by atoms with Crippen LogP contribution in [0.25, 0.3) is 0 Å². The number of hydrogen-bond acceptors (Lipinski definition) is 7. The molecule has 0 aromatic heterocycles. The third kappa shape index (κ3) is 8.53. The molecular weight excluding hydrogens is 434 g/mol. The summed E-state index contributed by atoms with van der Waals surface area (Å²) in [5.41, 5.74) is 5.63. The number of amides is 1. The van der Waals surface area contributed by atoms with Crippen LogP contribution in [0.5, 0.6) is 0 Å². The lowest BCUT2D eigenvalue weighted by molar-refractivity contribution is -0.137. The molecule has 1 rings (SSSR count). The highest BCUT2D eigenvalue weighted by Crippen LogP contribution is 2.31. The van der Waals surface area contributed by atoms with Gasteiger partial charge in [0.15, 0.2) is 5.78 Å². The Labute approximate surface area is 192 Å². The van der Waals surface area contributed by atoms with Gasteiger partial charge in [-0.25, -0.2) is 13.1 Å². The summed E-state index contributed by atoms with van der Waals surface area (Å²) in [6.07, 6.45) is 0.536. The Kier molecular flexibility index (Phi) is 11.4. The van der Waals surface area contributed by atoms with Gasteiger partial charge in [-0.15, -0.1) is 0 Å². The molecule has 32 heavy (non-hydrogen) atoms. The fourth-order valence-electron chi connectivity index (χ4n) is 3.91. The summed E-state index contributed by atoms with van der Waals surface area (Å²) in [5, 5.41) is 12.1. The van der Waals surface area contributed by atoms with Crippen molar-refractivity contribution in [1.82, 2.24) is 10.0 Å². The van der Waals surface area contributed by atoms with Crippen molar-refractivity contribution >= 4 is 27.5 Å². The number of carbonyl (C=O) groups excluding carboxylic acids is 3. The SMILES string of the molecule is CC(C)CNS(=O)(=O)C1CCC[C@@H](C(=O)C[C@H](C(=O)N[C@@H](CN)C(=O)C(C)C)[C@H](C)O)C1. The van der Waals surface area contributed by atoms with Crippen LogP contribution in [0.15, 0.2) is 0 Å². The van der Waals surface area contributed by atoms with Crippen molar-refractivity contribution < 1.29 is 27.9 Å². The van der Waals surface area contributed by atoms with Crippen LogP contribution in [-0.4, -0.2) is 61.5 Å². The van der Waals surface area contributed by atoms with Gasteiger partial charge in [0.1, 0.15) is 5.78 Å². The first kappa shape index (κ1) is 28.7. The normalized spacial score (nSPS) is 22.4. The zero-order valence-electron chi connectivity index (χ0n) is 20.0. The van der Waals surface area contributed by atoms with Gasteiger partial charge in [0.05, 0.1) is 23.3 Å². The molecule has 5 N–H and O–H groups in total. The maximum atomic E-state index is 13.0. The lowest BCUT2D eigenvalue weighted by Crippen LogP contribution is -2.51. The minimum Gasteiger partial charge on any atom is -0.393 e. The van der Waals surface area contributed by atoms with Gasteiger partial charge in [-0.3, -0.25) is 14.4 Å². The van der Waals surface area contributed by atoms with E-state index in [1.807, 2.05) is 13.8 Å². The van der Waals surface area contributed by atoms with Crippen molar-refractivity contribution in [3.05, 3.63) is 0 Å². The number of aliphatic hydroxyl groups excluding tert-OH is 1. The van der Waals surface area contributed by atoms with Crippen LogP contribution in [-0.2, 0) is 24.4 Å². The monoisotopic (exact) mass is 475 g/mol. The van der Waals surface area contributed by atoms with Crippen LogP contribution >= 0.6 is 0 Å². The summed E-state index contributed by atoms with van der Waals surface area (Å²) in [5.74, 6) is -2.72. The molecule has 1 aliphatic carbocycles. The molecule has 0 saturated heterocycles. The third-order valence-electron chi connectivity index (χ3n) is 6.02. The van der Waals surface area contributed by atoms with Crippen LogP contribution in [0.1, 0.15) is 66.7 Å². The highest BCUT2D eigenvalue weighted by atomic mass is 32.2. The Hall–Kier alpha value is -1.36. The Balaban J connectivity index is 2.83. The van der Waals surface area contributed by atoms with Crippen LogP contribution < -0.4 is 15.8 Å². The first-order valence-electron chi connectivity index (χ1n) is 11.5. The zero-order chi connectivity index (χ0) is 24.6. The van der Waals surface area contributed by atoms with E-state index in [2.05, 4.69) is 10.0 Å². The van der Waals surface area contributed by atoms with Crippen molar-refractivity contribution in [2.45, 2.75) is 84.1 Å². The van der Waals surface area contributed by atoms with Crippen molar-refractivity contribution in [3.63, 3.8) is 0 Å². The van der Waals surface area contributed by atoms with Gasteiger partial charge in [-0.1, -0.05) is 34.1 Å². The van der Waals surface area contributed by atoms with E-state index in [1.54, 1.807) is 13.8 Å². The minimum atomic E-state index is -3.53. The second kappa shape index (κ2) is 12.8. The molecule has 1 saturated carbocycles. The van der Waals surface area contributed by atoms with Gasteiger partial charge in [-0.2, -0.15) is 0 Å². The molecule has 0 aliphatic heterocycles. The number of nitrogens with two attached hydrogens (primary N) is 1. The average Bonchev–Trinajstić information content (AvgIpc) is 2.73. The predicted molar refractivity (Wildman–Crippen MR) is 123 cm³/mol. The molecule has 0 spiro atoms. The van der Waals surface area contributed by atoms with Crippen molar-refractivity contribution in [2.24, 2.45) is 29.4 Å². The number of hydrogen-bond donors (Lipinski definition) is 4. The first-order valence-corrected chi connectivity index (χ1v) is 13.1. The highest BCUT2D eigenvalue weighted by Gasteiger charge is 2.37. The van der Waals surface area contributed by atoms with E-state index in [-0.39, 0.29) is 42.8 Å². The number of Topliss-reactive ketones (excluding diaryl/α,β-unsaturated/α-hetero) is 2. The number of carbonyl (C=O) groups is 3. The van der Waals surface area contributed by atoms with Crippen LogP contribution in [0.4, 0.5) is 0 Å². The molecule has 186 valence electrons. The molecule has 10 heteroatoms. The molecule has 0 aromatic carbocycles. The van der Waals surface area contributed by atoms with Crippen molar-refractivity contribution in [1.29, 1.82) is 0 Å². The smallest absolute Gasteiger partial charge is 0.226 e. The molecule has 1 unspecified atom stereocenters. The number of nitrogens with one attached hydrogen (secondary N) is 2. The van der Waals surface area contributed by atoms with Gasteiger partial charge in [-0.05, 0) is 32.1 Å². The quantitative estimate of drug-likeness (QED) is 0.306. The van der Waals surface area contributed by atoms with E-state index in [1.165, 1.54) is 6.92 Å². The maximum absolute atomic E-state index is 13.0. The first-order chi connectivity index (χ1) is 14.8. The fourth-order valence-corrected chi connectivity index (χ4v) is 5.68.